The van der Waals surface area contributed by atoms with Crippen LogP contribution in [0.2, 0.25) is 0 Å². The van der Waals surface area contributed by atoms with E-state index in [1.54, 1.807) is 0 Å². The Labute approximate surface area is 83.9 Å². The summed E-state index contributed by atoms with van der Waals surface area (Å²) < 4.78 is 5.32. The molecule has 74 valence electrons. The number of ether oxygens (including phenoxy) is 1. The normalized spacial score (nSPS) is 24.6. The molecule has 1 aromatic rings. The van der Waals surface area contributed by atoms with Gasteiger partial charge in [-0.1, -0.05) is 43.7 Å². The van der Waals surface area contributed by atoms with E-state index in [2.05, 4.69) is 6.92 Å². The van der Waals surface area contributed by atoms with Crippen molar-refractivity contribution in [2.75, 3.05) is 0 Å². The molecule has 14 heavy (non-hydrogen) atoms. The third-order valence-corrected chi connectivity index (χ3v) is 2.47. The number of carbonyl (C=O) groups excluding carboxylic acids is 1. The van der Waals surface area contributed by atoms with Gasteiger partial charge in [-0.3, -0.25) is 4.79 Å². The summed E-state index contributed by atoms with van der Waals surface area (Å²) in [5, 5.41) is 0. The summed E-state index contributed by atoms with van der Waals surface area (Å²) in [5.41, 5.74) is 0.760. The second-order valence-corrected chi connectivity index (χ2v) is 3.61. The van der Waals surface area contributed by atoms with Crippen LogP contribution in [0.1, 0.15) is 30.1 Å². The van der Waals surface area contributed by atoms with Crippen LogP contribution in [0.25, 0.3) is 0 Å². The first kappa shape index (κ1) is 9.41. The molecule has 0 unspecified atom stereocenters. The van der Waals surface area contributed by atoms with Crippen molar-refractivity contribution in [3.8, 4) is 0 Å². The summed E-state index contributed by atoms with van der Waals surface area (Å²) in [5.74, 6) is 0.129. The van der Waals surface area contributed by atoms with Crippen molar-refractivity contribution in [3.63, 3.8) is 0 Å². The maximum absolute atomic E-state index is 11.8. The second-order valence-electron chi connectivity index (χ2n) is 3.61. The molecule has 1 aromatic carbocycles. The molecule has 2 atom stereocenters. The highest BCUT2D eigenvalue weighted by Crippen LogP contribution is 2.29. The molecular formula is C12H14O2. The smallest absolute Gasteiger partial charge is 0.194 e. The lowest BCUT2D eigenvalue weighted by atomic mass is 10.1. The van der Waals surface area contributed by atoms with Gasteiger partial charge in [-0.25, -0.2) is 0 Å². The molecule has 2 rings (SSSR count). The predicted molar refractivity (Wildman–Crippen MR) is 54.3 cm³/mol. The number of hydrogen-bond donors (Lipinski definition) is 0. The molecule has 0 amide bonds. The van der Waals surface area contributed by atoms with E-state index < -0.39 is 0 Å². The Balaban J connectivity index is 1.98. The molecule has 1 saturated heterocycles. The summed E-state index contributed by atoms with van der Waals surface area (Å²) in [6.45, 7) is 2.10. The molecule has 2 heteroatoms. The van der Waals surface area contributed by atoms with Crippen LogP contribution in [0.3, 0.4) is 0 Å². The number of Topliss-reactive ketones (excluding diaryl/α,β-unsaturated/α-hetero) is 1. The molecule has 0 aliphatic carbocycles. The summed E-state index contributed by atoms with van der Waals surface area (Å²) in [6.07, 6.45) is 2.07. The first-order valence-electron chi connectivity index (χ1n) is 5.07. The lowest BCUT2D eigenvalue weighted by Gasteiger charge is -1.95. The van der Waals surface area contributed by atoms with Crippen LogP contribution in [-0.2, 0) is 4.74 Å². The standard InChI is InChI=1S/C12H14O2/c1-2-6-10-12(14-10)11(13)9-7-4-3-5-8-9/h3-5,7-8,10,12H,2,6H2,1H3/t10-,12+/m1/s1. The number of hydrogen-bond acceptors (Lipinski definition) is 2. The lowest BCUT2D eigenvalue weighted by Crippen LogP contribution is -2.09. The van der Waals surface area contributed by atoms with E-state index in [1.165, 1.54) is 0 Å². The van der Waals surface area contributed by atoms with Gasteiger partial charge >= 0.3 is 0 Å². The maximum atomic E-state index is 11.8. The van der Waals surface area contributed by atoms with Crippen LogP contribution >= 0.6 is 0 Å². The molecule has 1 aliphatic rings. The highest BCUT2D eigenvalue weighted by Gasteiger charge is 2.43. The largest absolute Gasteiger partial charge is 0.361 e. The molecule has 0 bridgehead atoms. The minimum atomic E-state index is -0.169. The number of benzene rings is 1. The first-order chi connectivity index (χ1) is 6.83. The highest BCUT2D eigenvalue weighted by molar-refractivity contribution is 6.01. The number of ketones is 1. The Morgan fingerprint density at radius 3 is 2.71 bits per heavy atom. The van der Waals surface area contributed by atoms with Crippen LogP contribution in [-0.4, -0.2) is 18.0 Å². The SMILES string of the molecule is CCC[C@H]1O[C@@H]1C(=O)c1ccccc1. The fraction of sp³-hybridized carbons (Fsp3) is 0.417. The van der Waals surface area contributed by atoms with E-state index in [9.17, 15) is 4.79 Å². The molecule has 0 N–H and O–H groups in total. The average Bonchev–Trinajstić information content (AvgIpc) is 2.98. The van der Waals surface area contributed by atoms with Gasteiger partial charge in [-0.2, -0.15) is 0 Å². The molecule has 1 fully saturated rings. The summed E-state index contributed by atoms with van der Waals surface area (Å²) in [4.78, 5) is 11.8. The number of epoxide rings is 1. The fourth-order valence-electron chi connectivity index (χ4n) is 1.64. The monoisotopic (exact) mass is 190 g/mol. The predicted octanol–water partition coefficient (Wildman–Crippen LogP) is 2.44. The average molecular weight is 190 g/mol. The third kappa shape index (κ3) is 1.85. The fourth-order valence-corrected chi connectivity index (χ4v) is 1.64. The van der Waals surface area contributed by atoms with E-state index in [-0.39, 0.29) is 18.0 Å². The van der Waals surface area contributed by atoms with Gasteiger partial charge in [0, 0.05) is 5.56 Å². The summed E-state index contributed by atoms with van der Waals surface area (Å²) in [6, 6.07) is 9.35. The quantitative estimate of drug-likeness (QED) is 0.539. The van der Waals surface area contributed by atoms with Crippen molar-refractivity contribution in [1.29, 1.82) is 0 Å². The van der Waals surface area contributed by atoms with Gasteiger partial charge in [0.15, 0.2) is 5.78 Å². The number of rotatable bonds is 4. The molecule has 0 radical (unpaired) electrons. The Kier molecular flexibility index (Phi) is 2.64. The van der Waals surface area contributed by atoms with Gasteiger partial charge in [0.2, 0.25) is 0 Å². The van der Waals surface area contributed by atoms with E-state index in [0.717, 1.165) is 18.4 Å². The van der Waals surface area contributed by atoms with Gasteiger partial charge in [0.1, 0.15) is 6.10 Å². The Morgan fingerprint density at radius 2 is 2.07 bits per heavy atom. The van der Waals surface area contributed by atoms with E-state index in [4.69, 9.17) is 4.74 Å². The maximum Gasteiger partial charge on any atom is 0.194 e. The molecule has 0 aromatic heterocycles. The Hall–Kier alpha value is -1.15. The van der Waals surface area contributed by atoms with E-state index in [0.29, 0.717) is 0 Å². The topological polar surface area (TPSA) is 29.6 Å². The Bertz CT molecular complexity index is 318. The molecule has 1 aliphatic heterocycles. The van der Waals surface area contributed by atoms with Gasteiger partial charge < -0.3 is 4.74 Å². The first-order valence-corrected chi connectivity index (χ1v) is 5.07. The van der Waals surface area contributed by atoms with Gasteiger partial charge in [-0.15, -0.1) is 0 Å². The zero-order valence-corrected chi connectivity index (χ0v) is 8.27. The van der Waals surface area contributed by atoms with Crippen molar-refractivity contribution in [3.05, 3.63) is 35.9 Å². The van der Waals surface area contributed by atoms with Crippen LogP contribution in [0.5, 0.6) is 0 Å². The van der Waals surface area contributed by atoms with Crippen LogP contribution in [0.4, 0.5) is 0 Å². The van der Waals surface area contributed by atoms with Gasteiger partial charge in [0.25, 0.3) is 0 Å². The molecule has 2 nitrogen and oxygen atoms in total. The summed E-state index contributed by atoms with van der Waals surface area (Å²) >= 11 is 0. The van der Waals surface area contributed by atoms with E-state index >= 15 is 0 Å². The van der Waals surface area contributed by atoms with Crippen molar-refractivity contribution >= 4 is 5.78 Å². The van der Waals surface area contributed by atoms with Crippen LogP contribution < -0.4 is 0 Å². The van der Waals surface area contributed by atoms with Crippen molar-refractivity contribution < 1.29 is 9.53 Å². The van der Waals surface area contributed by atoms with Crippen molar-refractivity contribution in [1.82, 2.24) is 0 Å². The minimum absolute atomic E-state index is 0.129. The third-order valence-electron chi connectivity index (χ3n) is 2.47. The van der Waals surface area contributed by atoms with Gasteiger partial charge in [0.05, 0.1) is 6.10 Å². The van der Waals surface area contributed by atoms with E-state index in [1.807, 2.05) is 30.3 Å². The Morgan fingerprint density at radius 1 is 1.36 bits per heavy atom. The molecule has 0 saturated carbocycles. The molecule has 1 heterocycles. The summed E-state index contributed by atoms with van der Waals surface area (Å²) in [7, 11) is 0. The number of carbonyl (C=O) groups is 1. The van der Waals surface area contributed by atoms with Crippen molar-refractivity contribution in [2.24, 2.45) is 0 Å². The zero-order valence-electron chi connectivity index (χ0n) is 8.27. The minimum Gasteiger partial charge on any atom is -0.361 e. The highest BCUT2D eigenvalue weighted by atomic mass is 16.6. The van der Waals surface area contributed by atoms with Crippen molar-refractivity contribution in [2.45, 2.75) is 32.0 Å². The zero-order chi connectivity index (χ0) is 9.97. The molecular weight excluding hydrogens is 176 g/mol. The van der Waals surface area contributed by atoms with Crippen LogP contribution in [0, 0.1) is 0 Å². The second kappa shape index (κ2) is 3.93. The van der Waals surface area contributed by atoms with Gasteiger partial charge in [-0.05, 0) is 6.42 Å². The molecule has 0 spiro atoms. The van der Waals surface area contributed by atoms with Crippen LogP contribution in [0.15, 0.2) is 30.3 Å². The lowest BCUT2D eigenvalue weighted by molar-refractivity contribution is 0.0953.